The molecule has 3 rings (SSSR count). The van der Waals surface area contributed by atoms with Gasteiger partial charge in [-0.2, -0.15) is 4.98 Å². The summed E-state index contributed by atoms with van der Waals surface area (Å²) < 4.78 is 6.53. The molecule has 2 aromatic heterocycles. The number of amides is 1. The van der Waals surface area contributed by atoms with E-state index in [9.17, 15) is 9.59 Å². The van der Waals surface area contributed by atoms with E-state index in [1.807, 2.05) is 0 Å². The van der Waals surface area contributed by atoms with Crippen molar-refractivity contribution < 1.29 is 14.3 Å². The maximum absolute atomic E-state index is 12.2. The molecular formula is C16H13Cl2N5O3. The molecule has 8 nitrogen and oxygen atoms in total. The van der Waals surface area contributed by atoms with Gasteiger partial charge in [0.2, 0.25) is 0 Å². The normalized spacial score (nSPS) is 12.0. The maximum atomic E-state index is 12.2. The minimum Gasteiger partial charge on any atom is -0.447 e. The van der Waals surface area contributed by atoms with Crippen LogP contribution in [0.3, 0.4) is 0 Å². The third kappa shape index (κ3) is 3.61. The highest BCUT2D eigenvalue weighted by Crippen LogP contribution is 2.29. The van der Waals surface area contributed by atoms with Gasteiger partial charge in [-0.1, -0.05) is 29.3 Å². The summed E-state index contributed by atoms with van der Waals surface area (Å²) in [6, 6.07) is 6.53. The fourth-order valence-electron chi connectivity index (χ4n) is 2.09. The average molecular weight is 394 g/mol. The molecule has 0 saturated carbocycles. The van der Waals surface area contributed by atoms with E-state index in [0.29, 0.717) is 10.7 Å². The van der Waals surface area contributed by atoms with Crippen molar-refractivity contribution in [2.24, 2.45) is 0 Å². The maximum Gasteiger partial charge on any atom is 0.379 e. The summed E-state index contributed by atoms with van der Waals surface area (Å²) in [5.74, 6) is -1.33. The zero-order chi connectivity index (χ0) is 18.8. The summed E-state index contributed by atoms with van der Waals surface area (Å²) in [6.45, 7) is 3.22. The number of halogens is 2. The lowest BCUT2D eigenvalue weighted by atomic mass is 10.3. The molecule has 0 spiro atoms. The summed E-state index contributed by atoms with van der Waals surface area (Å²) in [5.41, 5.74) is 1.07. The Bertz CT molecular complexity index is 1000. The van der Waals surface area contributed by atoms with Gasteiger partial charge in [0.1, 0.15) is 0 Å². The summed E-state index contributed by atoms with van der Waals surface area (Å²) in [7, 11) is 0. The van der Waals surface area contributed by atoms with E-state index in [1.165, 1.54) is 11.4 Å². The number of hydrogen-bond donors (Lipinski definition) is 1. The van der Waals surface area contributed by atoms with E-state index >= 15 is 0 Å². The van der Waals surface area contributed by atoms with Crippen molar-refractivity contribution >= 4 is 46.5 Å². The number of aryl methyl sites for hydroxylation is 1. The molecule has 1 aromatic carbocycles. The summed E-state index contributed by atoms with van der Waals surface area (Å²) in [6.07, 6.45) is 0.456. The molecule has 0 radical (unpaired) electrons. The van der Waals surface area contributed by atoms with Gasteiger partial charge in [0.15, 0.2) is 6.10 Å². The van der Waals surface area contributed by atoms with Crippen LogP contribution in [0, 0.1) is 6.92 Å². The van der Waals surface area contributed by atoms with Gasteiger partial charge in [0.25, 0.3) is 17.5 Å². The van der Waals surface area contributed by atoms with Crippen LogP contribution >= 0.6 is 23.2 Å². The molecule has 1 amide bonds. The second-order valence-electron chi connectivity index (χ2n) is 5.37. The zero-order valence-electron chi connectivity index (χ0n) is 13.7. The van der Waals surface area contributed by atoms with Crippen LogP contribution in [0.15, 0.2) is 30.5 Å². The van der Waals surface area contributed by atoms with Crippen molar-refractivity contribution in [3.8, 4) is 0 Å². The number of esters is 1. The number of rotatable bonds is 4. The molecule has 10 heteroatoms. The lowest BCUT2D eigenvalue weighted by Gasteiger charge is -2.13. The lowest BCUT2D eigenvalue weighted by molar-refractivity contribution is -0.123. The number of carbonyl (C=O) groups is 2. The molecule has 1 atom stereocenters. The van der Waals surface area contributed by atoms with Crippen LogP contribution in [-0.2, 0) is 9.53 Å². The number of nitrogens with one attached hydrogen (secondary N) is 1. The van der Waals surface area contributed by atoms with E-state index in [2.05, 4.69) is 20.4 Å². The molecule has 0 saturated heterocycles. The average Bonchev–Trinajstić information content (AvgIpc) is 3.04. The fourth-order valence-corrected chi connectivity index (χ4v) is 2.44. The Hall–Kier alpha value is -2.71. The molecule has 26 heavy (non-hydrogen) atoms. The van der Waals surface area contributed by atoms with Crippen LogP contribution in [0.4, 0.5) is 5.69 Å². The third-order valence-electron chi connectivity index (χ3n) is 3.47. The first kappa shape index (κ1) is 18.1. The Labute approximate surface area is 158 Å². The quantitative estimate of drug-likeness (QED) is 0.684. The Morgan fingerprint density at radius 2 is 2.04 bits per heavy atom. The minimum atomic E-state index is -1.10. The largest absolute Gasteiger partial charge is 0.447 e. The molecule has 0 aliphatic heterocycles. The van der Waals surface area contributed by atoms with E-state index in [0.717, 1.165) is 5.69 Å². The predicted octanol–water partition coefficient (Wildman–Crippen LogP) is 2.92. The molecule has 0 aliphatic rings. The van der Waals surface area contributed by atoms with Crippen molar-refractivity contribution in [1.82, 2.24) is 19.6 Å². The molecule has 134 valence electrons. The number of anilines is 1. The van der Waals surface area contributed by atoms with Gasteiger partial charge in [0.05, 0.1) is 15.7 Å². The molecular weight excluding hydrogens is 381 g/mol. The van der Waals surface area contributed by atoms with Gasteiger partial charge >= 0.3 is 5.97 Å². The van der Waals surface area contributed by atoms with Crippen LogP contribution in [-0.4, -0.2) is 37.6 Å². The highest BCUT2D eigenvalue weighted by atomic mass is 35.5. The SMILES string of the molecule is Cc1ccnc2nc(C(=O)OC(C)C(=O)Nc3cccc(Cl)c3Cl)nn12. The summed E-state index contributed by atoms with van der Waals surface area (Å²) in [4.78, 5) is 32.4. The number of aromatic nitrogens is 4. The van der Waals surface area contributed by atoms with Gasteiger partial charge in [-0.15, -0.1) is 5.10 Å². The Morgan fingerprint density at radius 1 is 1.27 bits per heavy atom. The van der Waals surface area contributed by atoms with Crippen LogP contribution < -0.4 is 5.32 Å². The first-order valence-electron chi connectivity index (χ1n) is 7.51. The number of ether oxygens (including phenoxy) is 1. The van der Waals surface area contributed by atoms with Gasteiger partial charge in [-0.3, -0.25) is 4.79 Å². The number of nitrogens with zero attached hydrogens (tertiary/aromatic N) is 4. The van der Waals surface area contributed by atoms with Gasteiger partial charge in [-0.05, 0) is 32.0 Å². The van der Waals surface area contributed by atoms with Crippen LogP contribution in [0.1, 0.15) is 23.2 Å². The fraction of sp³-hybridized carbons (Fsp3) is 0.188. The first-order chi connectivity index (χ1) is 12.4. The van der Waals surface area contributed by atoms with Crippen molar-refractivity contribution in [2.45, 2.75) is 20.0 Å². The molecule has 1 unspecified atom stereocenters. The summed E-state index contributed by atoms with van der Waals surface area (Å²) in [5, 5.41) is 7.08. The second-order valence-corrected chi connectivity index (χ2v) is 6.16. The van der Waals surface area contributed by atoms with E-state index in [4.69, 9.17) is 27.9 Å². The monoisotopic (exact) mass is 393 g/mol. The predicted molar refractivity (Wildman–Crippen MR) is 95.5 cm³/mol. The molecule has 1 N–H and O–H groups in total. The topological polar surface area (TPSA) is 98.5 Å². The zero-order valence-corrected chi connectivity index (χ0v) is 15.2. The van der Waals surface area contributed by atoms with E-state index < -0.39 is 18.0 Å². The second kappa shape index (κ2) is 7.27. The van der Waals surface area contributed by atoms with Crippen LogP contribution in [0.2, 0.25) is 10.0 Å². The number of carbonyl (C=O) groups excluding carboxylic acids is 2. The van der Waals surface area contributed by atoms with Crippen molar-refractivity contribution in [3.63, 3.8) is 0 Å². The van der Waals surface area contributed by atoms with Gasteiger partial charge in [-0.25, -0.2) is 14.3 Å². The highest BCUT2D eigenvalue weighted by Gasteiger charge is 2.23. The Balaban J connectivity index is 1.70. The number of hydrogen-bond acceptors (Lipinski definition) is 6. The van der Waals surface area contributed by atoms with E-state index in [1.54, 1.807) is 37.4 Å². The van der Waals surface area contributed by atoms with Gasteiger partial charge < -0.3 is 10.1 Å². The summed E-state index contributed by atoms with van der Waals surface area (Å²) >= 11 is 11.9. The van der Waals surface area contributed by atoms with Crippen LogP contribution in [0.5, 0.6) is 0 Å². The first-order valence-corrected chi connectivity index (χ1v) is 8.26. The third-order valence-corrected chi connectivity index (χ3v) is 4.29. The molecule has 3 aromatic rings. The van der Waals surface area contributed by atoms with Gasteiger partial charge in [0, 0.05) is 11.9 Å². The van der Waals surface area contributed by atoms with Crippen LogP contribution in [0.25, 0.3) is 5.78 Å². The van der Waals surface area contributed by atoms with Crippen molar-refractivity contribution in [3.05, 3.63) is 52.0 Å². The van der Waals surface area contributed by atoms with E-state index in [-0.39, 0.29) is 16.6 Å². The number of fused-ring (bicyclic) bond motifs is 1. The molecule has 0 fully saturated rings. The minimum absolute atomic E-state index is 0.188. The Kier molecular flexibility index (Phi) is 5.06. The number of benzene rings is 1. The molecule has 0 aliphatic carbocycles. The molecule has 2 heterocycles. The van der Waals surface area contributed by atoms with Crippen molar-refractivity contribution in [2.75, 3.05) is 5.32 Å². The standard InChI is InChI=1S/C16H13Cl2N5O3/c1-8-6-7-19-16-21-13(22-23(8)16)15(25)26-9(2)14(24)20-11-5-3-4-10(17)12(11)18/h3-7,9H,1-2H3,(H,20,24). The van der Waals surface area contributed by atoms with Crippen molar-refractivity contribution in [1.29, 1.82) is 0 Å². The Morgan fingerprint density at radius 3 is 2.77 bits per heavy atom. The molecule has 0 bridgehead atoms. The smallest absolute Gasteiger partial charge is 0.379 e. The highest BCUT2D eigenvalue weighted by molar-refractivity contribution is 6.44. The lowest BCUT2D eigenvalue weighted by Crippen LogP contribution is -2.30.